The standard InChI is InChI=1S/C12H17N3OS/c1-6-7(2)17-10-8(6)9(13)14-11(15-10)12(3,4)16-5/h1-5H3,(H2,13,14,15). The SMILES string of the molecule is COC(C)(C)c1nc(N)c2c(C)c(C)sc2n1. The van der Waals surface area contributed by atoms with Gasteiger partial charge in [-0.05, 0) is 33.3 Å². The molecule has 2 aromatic heterocycles. The summed E-state index contributed by atoms with van der Waals surface area (Å²) in [5.41, 5.74) is 6.67. The molecule has 2 heterocycles. The van der Waals surface area contributed by atoms with Crippen LogP contribution in [-0.2, 0) is 10.3 Å². The number of nitrogens with zero attached hydrogens (tertiary/aromatic N) is 2. The molecule has 0 amide bonds. The number of thiophene rings is 1. The molecule has 4 nitrogen and oxygen atoms in total. The van der Waals surface area contributed by atoms with Crippen LogP contribution in [0.1, 0.15) is 30.1 Å². The third-order valence-corrected chi connectivity index (χ3v) is 4.21. The van der Waals surface area contributed by atoms with E-state index in [0.717, 1.165) is 10.2 Å². The van der Waals surface area contributed by atoms with Crippen molar-refractivity contribution in [2.75, 3.05) is 12.8 Å². The summed E-state index contributed by atoms with van der Waals surface area (Å²) in [5, 5.41) is 0.975. The summed E-state index contributed by atoms with van der Waals surface area (Å²) in [5.74, 6) is 1.17. The van der Waals surface area contributed by atoms with Gasteiger partial charge in [0, 0.05) is 12.0 Å². The number of fused-ring (bicyclic) bond motifs is 1. The molecule has 17 heavy (non-hydrogen) atoms. The molecule has 0 aliphatic carbocycles. The van der Waals surface area contributed by atoms with Gasteiger partial charge in [0.2, 0.25) is 0 Å². The van der Waals surface area contributed by atoms with Gasteiger partial charge in [0.05, 0.1) is 5.39 Å². The highest BCUT2D eigenvalue weighted by atomic mass is 32.1. The molecule has 0 spiro atoms. The number of rotatable bonds is 2. The topological polar surface area (TPSA) is 61.0 Å². The molecule has 0 atom stereocenters. The molecule has 5 heteroatoms. The Morgan fingerprint density at radius 2 is 1.88 bits per heavy atom. The Balaban J connectivity index is 2.72. The summed E-state index contributed by atoms with van der Waals surface area (Å²) in [4.78, 5) is 11.1. The summed E-state index contributed by atoms with van der Waals surface area (Å²) in [7, 11) is 1.65. The molecule has 0 aromatic carbocycles. The largest absolute Gasteiger partial charge is 0.383 e. The van der Waals surface area contributed by atoms with Crippen molar-refractivity contribution in [1.29, 1.82) is 0 Å². The summed E-state index contributed by atoms with van der Waals surface area (Å²) in [6, 6.07) is 0. The van der Waals surface area contributed by atoms with E-state index in [-0.39, 0.29) is 0 Å². The van der Waals surface area contributed by atoms with Crippen LogP contribution in [0.4, 0.5) is 5.82 Å². The fraction of sp³-hybridized carbons (Fsp3) is 0.500. The van der Waals surface area contributed by atoms with Crippen LogP contribution in [0.15, 0.2) is 0 Å². The first kappa shape index (κ1) is 12.3. The smallest absolute Gasteiger partial charge is 0.163 e. The monoisotopic (exact) mass is 251 g/mol. The van der Waals surface area contributed by atoms with E-state index in [0.29, 0.717) is 11.6 Å². The average Bonchev–Trinajstić information content (AvgIpc) is 2.55. The van der Waals surface area contributed by atoms with Crippen LogP contribution in [0.2, 0.25) is 0 Å². The Bertz CT molecular complexity index is 575. The van der Waals surface area contributed by atoms with E-state index in [1.165, 1.54) is 10.4 Å². The van der Waals surface area contributed by atoms with Crippen molar-refractivity contribution in [2.24, 2.45) is 0 Å². The van der Waals surface area contributed by atoms with Gasteiger partial charge in [-0.2, -0.15) is 0 Å². The van der Waals surface area contributed by atoms with Crippen molar-refractivity contribution >= 4 is 27.4 Å². The Labute approximate surface area is 105 Å². The molecule has 2 N–H and O–H groups in total. The molecule has 0 bridgehead atoms. The fourth-order valence-electron chi connectivity index (χ4n) is 1.64. The minimum atomic E-state index is -0.520. The van der Waals surface area contributed by atoms with Crippen LogP contribution < -0.4 is 5.73 Å². The van der Waals surface area contributed by atoms with E-state index in [1.807, 2.05) is 13.8 Å². The lowest BCUT2D eigenvalue weighted by Gasteiger charge is -2.21. The lowest BCUT2D eigenvalue weighted by molar-refractivity contribution is 0.0119. The minimum absolute atomic E-state index is 0.520. The van der Waals surface area contributed by atoms with E-state index in [1.54, 1.807) is 18.4 Å². The van der Waals surface area contributed by atoms with Crippen LogP contribution in [0.25, 0.3) is 10.2 Å². The van der Waals surface area contributed by atoms with Crippen molar-refractivity contribution in [3.05, 3.63) is 16.3 Å². The second-order valence-electron chi connectivity index (χ2n) is 4.61. The maximum atomic E-state index is 6.02. The molecule has 2 aromatic rings. The summed E-state index contributed by atoms with van der Waals surface area (Å²) >= 11 is 1.65. The number of aromatic nitrogens is 2. The minimum Gasteiger partial charge on any atom is -0.383 e. The van der Waals surface area contributed by atoms with Gasteiger partial charge < -0.3 is 10.5 Å². The molecule has 0 fully saturated rings. The molecule has 0 radical (unpaired) electrons. The highest BCUT2D eigenvalue weighted by Crippen LogP contribution is 2.33. The zero-order valence-corrected chi connectivity index (χ0v) is 11.6. The second-order valence-corrected chi connectivity index (χ2v) is 5.81. The van der Waals surface area contributed by atoms with Crippen molar-refractivity contribution in [2.45, 2.75) is 33.3 Å². The Kier molecular flexibility index (Phi) is 2.83. The first-order valence-corrected chi connectivity index (χ1v) is 6.27. The number of aryl methyl sites for hydroxylation is 2. The first-order valence-electron chi connectivity index (χ1n) is 5.45. The molecular formula is C12H17N3OS. The van der Waals surface area contributed by atoms with Crippen LogP contribution in [-0.4, -0.2) is 17.1 Å². The van der Waals surface area contributed by atoms with Crippen molar-refractivity contribution in [3.63, 3.8) is 0 Å². The molecule has 0 saturated carbocycles. The lowest BCUT2D eigenvalue weighted by Crippen LogP contribution is -2.23. The third-order valence-electron chi connectivity index (χ3n) is 3.11. The zero-order valence-electron chi connectivity index (χ0n) is 10.8. The van der Waals surface area contributed by atoms with Gasteiger partial charge in [0.15, 0.2) is 5.82 Å². The predicted octanol–water partition coefficient (Wildman–Crippen LogP) is 2.77. The van der Waals surface area contributed by atoms with Crippen LogP contribution >= 0.6 is 11.3 Å². The van der Waals surface area contributed by atoms with Crippen molar-refractivity contribution in [3.8, 4) is 0 Å². The number of nitrogens with two attached hydrogens (primary N) is 1. The molecular weight excluding hydrogens is 234 g/mol. The number of methoxy groups -OCH3 is 1. The molecule has 92 valence electrons. The number of ether oxygens (including phenoxy) is 1. The van der Waals surface area contributed by atoms with E-state index in [9.17, 15) is 0 Å². The van der Waals surface area contributed by atoms with Gasteiger partial charge in [-0.3, -0.25) is 0 Å². The zero-order chi connectivity index (χ0) is 12.8. The Hall–Kier alpha value is -1.20. The Morgan fingerprint density at radius 3 is 2.47 bits per heavy atom. The van der Waals surface area contributed by atoms with Crippen LogP contribution in [0.5, 0.6) is 0 Å². The van der Waals surface area contributed by atoms with Gasteiger partial charge in [0.25, 0.3) is 0 Å². The number of hydrogen-bond acceptors (Lipinski definition) is 5. The third kappa shape index (κ3) is 1.89. The van der Waals surface area contributed by atoms with E-state index in [4.69, 9.17) is 10.5 Å². The second kappa shape index (κ2) is 3.92. The molecule has 0 aliphatic heterocycles. The summed E-state index contributed by atoms with van der Waals surface area (Å²) in [6.07, 6.45) is 0. The summed E-state index contributed by atoms with van der Waals surface area (Å²) in [6.45, 7) is 7.99. The normalized spacial score (nSPS) is 12.3. The molecule has 0 saturated heterocycles. The van der Waals surface area contributed by atoms with Crippen LogP contribution in [0.3, 0.4) is 0 Å². The highest BCUT2D eigenvalue weighted by molar-refractivity contribution is 7.18. The summed E-state index contributed by atoms with van der Waals surface area (Å²) < 4.78 is 5.39. The lowest BCUT2D eigenvalue weighted by atomic mass is 10.1. The molecule has 0 aliphatic rings. The van der Waals surface area contributed by atoms with E-state index < -0.39 is 5.60 Å². The molecule has 0 unspecified atom stereocenters. The molecule has 2 rings (SSSR count). The average molecular weight is 251 g/mol. The Morgan fingerprint density at radius 1 is 1.24 bits per heavy atom. The van der Waals surface area contributed by atoms with Gasteiger partial charge in [-0.15, -0.1) is 11.3 Å². The van der Waals surface area contributed by atoms with E-state index >= 15 is 0 Å². The number of hydrogen-bond donors (Lipinski definition) is 1. The quantitative estimate of drug-likeness (QED) is 0.891. The fourth-order valence-corrected chi connectivity index (χ4v) is 2.68. The number of nitrogen functional groups attached to an aromatic ring is 1. The van der Waals surface area contributed by atoms with Crippen molar-refractivity contribution in [1.82, 2.24) is 9.97 Å². The maximum Gasteiger partial charge on any atom is 0.163 e. The van der Waals surface area contributed by atoms with Gasteiger partial charge in [-0.1, -0.05) is 0 Å². The maximum absolute atomic E-state index is 6.02. The van der Waals surface area contributed by atoms with E-state index in [2.05, 4.69) is 23.8 Å². The van der Waals surface area contributed by atoms with Crippen LogP contribution in [0, 0.1) is 13.8 Å². The number of anilines is 1. The van der Waals surface area contributed by atoms with Gasteiger partial charge >= 0.3 is 0 Å². The van der Waals surface area contributed by atoms with Crippen molar-refractivity contribution < 1.29 is 4.74 Å². The van der Waals surface area contributed by atoms with Gasteiger partial charge in [-0.25, -0.2) is 9.97 Å². The highest BCUT2D eigenvalue weighted by Gasteiger charge is 2.25. The van der Waals surface area contributed by atoms with Gasteiger partial charge in [0.1, 0.15) is 16.2 Å². The first-order chi connectivity index (χ1) is 7.86. The predicted molar refractivity (Wildman–Crippen MR) is 71.3 cm³/mol.